The molecule has 0 spiro atoms. The Labute approximate surface area is 124 Å². The molecule has 3 aromatic rings. The van der Waals surface area contributed by atoms with E-state index in [1.807, 2.05) is 41.8 Å². The van der Waals surface area contributed by atoms with Gasteiger partial charge in [-0.15, -0.1) is 0 Å². The van der Waals surface area contributed by atoms with Crippen LogP contribution in [0.5, 0.6) is 0 Å². The molecular weight excluding hydrogens is 319 g/mol. The van der Waals surface area contributed by atoms with Gasteiger partial charge in [0, 0.05) is 5.69 Å². The van der Waals surface area contributed by atoms with Crippen molar-refractivity contribution < 1.29 is 4.39 Å². The Morgan fingerprint density at radius 2 is 1.85 bits per heavy atom. The van der Waals surface area contributed by atoms with Gasteiger partial charge in [-0.3, -0.25) is 0 Å². The molecule has 0 radical (unpaired) electrons. The van der Waals surface area contributed by atoms with Gasteiger partial charge in [0.1, 0.15) is 16.5 Å². The number of nitriles is 1. The highest BCUT2D eigenvalue weighted by molar-refractivity contribution is 9.10. The van der Waals surface area contributed by atoms with Gasteiger partial charge in [0.25, 0.3) is 0 Å². The highest BCUT2D eigenvalue weighted by Crippen LogP contribution is 2.34. The molecule has 2 aromatic carbocycles. The second kappa shape index (κ2) is 4.77. The Bertz CT molecular complexity index is 842. The van der Waals surface area contributed by atoms with E-state index in [9.17, 15) is 9.65 Å². The molecule has 0 aliphatic rings. The van der Waals surface area contributed by atoms with Gasteiger partial charge in [-0.2, -0.15) is 5.26 Å². The third kappa shape index (κ3) is 1.83. The molecule has 0 bridgehead atoms. The zero-order chi connectivity index (χ0) is 14.3. The summed E-state index contributed by atoms with van der Waals surface area (Å²) in [7, 11) is 0. The van der Waals surface area contributed by atoms with Crippen LogP contribution in [-0.4, -0.2) is 4.57 Å². The number of aryl methyl sites for hydroxylation is 1. The van der Waals surface area contributed by atoms with Crippen molar-refractivity contribution in [2.75, 3.05) is 0 Å². The van der Waals surface area contributed by atoms with Gasteiger partial charge in [-0.25, -0.2) is 4.39 Å². The molecule has 0 saturated carbocycles. The first-order valence-electron chi connectivity index (χ1n) is 6.09. The van der Waals surface area contributed by atoms with Crippen molar-refractivity contribution in [3.05, 3.63) is 64.0 Å². The van der Waals surface area contributed by atoms with Crippen LogP contribution in [0.25, 0.3) is 16.6 Å². The van der Waals surface area contributed by atoms with E-state index in [1.54, 1.807) is 6.07 Å². The van der Waals surface area contributed by atoms with Gasteiger partial charge in [0.15, 0.2) is 0 Å². The Morgan fingerprint density at radius 1 is 1.15 bits per heavy atom. The second-order valence-corrected chi connectivity index (χ2v) is 5.33. The Morgan fingerprint density at radius 3 is 2.50 bits per heavy atom. The van der Waals surface area contributed by atoms with Gasteiger partial charge in [-0.1, -0.05) is 23.8 Å². The molecular formula is C16H10BrFN2. The number of fused-ring (bicyclic) bond motifs is 1. The van der Waals surface area contributed by atoms with Crippen LogP contribution >= 0.6 is 15.9 Å². The molecule has 0 fully saturated rings. The highest BCUT2D eigenvalue weighted by Gasteiger charge is 2.18. The molecule has 20 heavy (non-hydrogen) atoms. The van der Waals surface area contributed by atoms with E-state index >= 15 is 0 Å². The van der Waals surface area contributed by atoms with Crippen LogP contribution in [0.15, 0.2) is 47.1 Å². The van der Waals surface area contributed by atoms with E-state index in [1.165, 1.54) is 6.07 Å². The maximum atomic E-state index is 14.0. The van der Waals surface area contributed by atoms with Gasteiger partial charge in [0.2, 0.25) is 0 Å². The molecule has 4 heteroatoms. The molecule has 0 amide bonds. The van der Waals surface area contributed by atoms with Gasteiger partial charge in [-0.05, 0) is 47.1 Å². The van der Waals surface area contributed by atoms with E-state index in [4.69, 9.17) is 0 Å². The molecule has 0 aliphatic carbocycles. The Kier molecular flexibility index (Phi) is 3.07. The summed E-state index contributed by atoms with van der Waals surface area (Å²) in [6.07, 6.45) is 0. The summed E-state index contributed by atoms with van der Waals surface area (Å²) >= 11 is 3.42. The summed E-state index contributed by atoms with van der Waals surface area (Å²) in [6, 6.07) is 14.8. The normalized spacial score (nSPS) is 10.7. The van der Waals surface area contributed by atoms with Gasteiger partial charge < -0.3 is 4.57 Å². The number of hydrogen-bond donors (Lipinski definition) is 0. The minimum absolute atomic E-state index is 0.318. The minimum atomic E-state index is -0.384. The van der Waals surface area contributed by atoms with E-state index in [0.717, 1.165) is 11.3 Å². The topological polar surface area (TPSA) is 28.7 Å². The van der Waals surface area contributed by atoms with Crippen molar-refractivity contribution >= 4 is 26.8 Å². The predicted molar refractivity (Wildman–Crippen MR) is 80.4 cm³/mol. The SMILES string of the molecule is Cc1ccc(-n2c(Br)c(C#N)c3c(F)cccc32)cc1. The summed E-state index contributed by atoms with van der Waals surface area (Å²) in [4.78, 5) is 0. The van der Waals surface area contributed by atoms with Crippen molar-refractivity contribution in [1.82, 2.24) is 4.57 Å². The lowest BCUT2D eigenvalue weighted by atomic mass is 10.2. The van der Waals surface area contributed by atoms with Crippen LogP contribution in [0.3, 0.4) is 0 Å². The average Bonchev–Trinajstić information content (AvgIpc) is 2.73. The van der Waals surface area contributed by atoms with Crippen molar-refractivity contribution in [1.29, 1.82) is 5.26 Å². The molecule has 0 saturated heterocycles. The monoisotopic (exact) mass is 328 g/mol. The van der Waals surface area contributed by atoms with Crippen LogP contribution in [0.1, 0.15) is 11.1 Å². The second-order valence-electron chi connectivity index (χ2n) is 4.58. The van der Waals surface area contributed by atoms with Gasteiger partial charge >= 0.3 is 0 Å². The van der Waals surface area contributed by atoms with Gasteiger partial charge in [0.05, 0.1) is 16.5 Å². The molecule has 2 nitrogen and oxygen atoms in total. The predicted octanol–water partition coefficient (Wildman–Crippen LogP) is 4.71. The zero-order valence-electron chi connectivity index (χ0n) is 10.7. The lowest BCUT2D eigenvalue weighted by Gasteiger charge is -2.07. The van der Waals surface area contributed by atoms with Crippen LogP contribution in [0, 0.1) is 24.1 Å². The lowest BCUT2D eigenvalue weighted by Crippen LogP contribution is -1.94. The van der Waals surface area contributed by atoms with Crippen LogP contribution in [-0.2, 0) is 0 Å². The van der Waals surface area contributed by atoms with E-state index < -0.39 is 0 Å². The molecule has 0 unspecified atom stereocenters. The molecule has 0 aliphatic heterocycles. The fourth-order valence-corrected chi connectivity index (χ4v) is 3.00. The largest absolute Gasteiger partial charge is 0.303 e. The number of aromatic nitrogens is 1. The minimum Gasteiger partial charge on any atom is -0.303 e. The quantitative estimate of drug-likeness (QED) is 0.635. The molecule has 1 aromatic heterocycles. The Hall–Kier alpha value is -2.12. The van der Waals surface area contributed by atoms with Crippen molar-refractivity contribution in [3.63, 3.8) is 0 Å². The lowest BCUT2D eigenvalue weighted by molar-refractivity contribution is 0.639. The summed E-state index contributed by atoms with van der Waals surface area (Å²) in [5, 5.41) is 9.63. The van der Waals surface area contributed by atoms with Crippen molar-refractivity contribution in [2.45, 2.75) is 6.92 Å². The molecule has 98 valence electrons. The zero-order valence-corrected chi connectivity index (χ0v) is 12.3. The maximum Gasteiger partial charge on any atom is 0.133 e. The standard InChI is InChI=1S/C16H10BrFN2/c1-10-5-7-11(8-6-10)20-14-4-2-3-13(18)15(14)12(9-19)16(20)17/h2-8H,1H3. The molecule has 0 N–H and O–H groups in total. The number of hydrogen-bond acceptors (Lipinski definition) is 1. The maximum absolute atomic E-state index is 14.0. The fourth-order valence-electron chi connectivity index (χ4n) is 2.32. The number of rotatable bonds is 1. The van der Waals surface area contributed by atoms with Crippen molar-refractivity contribution in [3.8, 4) is 11.8 Å². The molecule has 0 atom stereocenters. The van der Waals surface area contributed by atoms with E-state index in [-0.39, 0.29) is 5.82 Å². The number of halogens is 2. The first-order chi connectivity index (χ1) is 9.63. The third-order valence-electron chi connectivity index (χ3n) is 3.29. The average molecular weight is 329 g/mol. The van der Waals surface area contributed by atoms with E-state index in [2.05, 4.69) is 22.0 Å². The fraction of sp³-hybridized carbons (Fsp3) is 0.0625. The van der Waals surface area contributed by atoms with Crippen molar-refractivity contribution in [2.24, 2.45) is 0 Å². The summed E-state index contributed by atoms with van der Waals surface area (Å²) in [5.74, 6) is -0.384. The number of benzene rings is 2. The summed E-state index contributed by atoms with van der Waals surface area (Å²) in [5.41, 5.74) is 3.03. The van der Waals surface area contributed by atoms with Crippen LogP contribution < -0.4 is 0 Å². The molecule has 1 heterocycles. The van der Waals surface area contributed by atoms with Crippen LogP contribution in [0.2, 0.25) is 0 Å². The molecule has 3 rings (SSSR count). The van der Waals surface area contributed by atoms with E-state index in [0.29, 0.717) is 21.1 Å². The Balaban J connectivity index is 2.43. The summed E-state index contributed by atoms with van der Waals surface area (Å²) in [6.45, 7) is 2.01. The first-order valence-corrected chi connectivity index (χ1v) is 6.88. The summed E-state index contributed by atoms with van der Waals surface area (Å²) < 4.78 is 16.4. The highest BCUT2D eigenvalue weighted by atomic mass is 79.9. The smallest absolute Gasteiger partial charge is 0.133 e. The number of nitrogens with zero attached hydrogens (tertiary/aromatic N) is 2. The third-order valence-corrected chi connectivity index (χ3v) is 4.04. The first kappa shape index (κ1) is 12.9. The van der Waals surface area contributed by atoms with Crippen LogP contribution in [0.4, 0.5) is 4.39 Å².